The Morgan fingerprint density at radius 1 is 1.32 bits per heavy atom. The summed E-state index contributed by atoms with van der Waals surface area (Å²) in [6, 6.07) is 4.27. The van der Waals surface area contributed by atoms with Gasteiger partial charge >= 0.3 is 0 Å². The number of rotatable bonds is 2. The van der Waals surface area contributed by atoms with Crippen molar-refractivity contribution in [1.29, 1.82) is 0 Å². The highest BCUT2D eigenvalue weighted by Gasteiger charge is 2.30. The van der Waals surface area contributed by atoms with Crippen LogP contribution in [0.3, 0.4) is 0 Å². The number of halogens is 3. The second-order valence-corrected chi connectivity index (χ2v) is 7.09. The van der Waals surface area contributed by atoms with E-state index in [9.17, 15) is 8.42 Å². The van der Waals surface area contributed by atoms with Gasteiger partial charge in [-0.05, 0) is 31.0 Å². The highest BCUT2D eigenvalue weighted by Crippen LogP contribution is 2.28. The molecule has 0 amide bonds. The zero-order valence-corrected chi connectivity index (χ0v) is 13.2. The Bertz CT molecular complexity index is 551. The average Bonchev–Trinajstić information content (AvgIpc) is 2.28. The first kappa shape index (κ1) is 17.0. The van der Waals surface area contributed by atoms with Gasteiger partial charge < -0.3 is 5.73 Å². The first-order valence-electron chi connectivity index (χ1n) is 5.62. The third-order valence-electron chi connectivity index (χ3n) is 2.93. The van der Waals surface area contributed by atoms with Gasteiger partial charge in [-0.25, -0.2) is 8.42 Å². The molecule has 1 aliphatic heterocycles. The molecular weight excluding hydrogens is 331 g/mol. The van der Waals surface area contributed by atoms with Crippen LogP contribution in [0.2, 0.25) is 10.0 Å². The van der Waals surface area contributed by atoms with E-state index in [1.165, 1.54) is 22.5 Å². The number of nitrogens with two attached hydrogens (primary N) is 1. The van der Waals surface area contributed by atoms with E-state index in [-0.39, 0.29) is 28.4 Å². The third-order valence-corrected chi connectivity index (χ3v) is 5.52. The van der Waals surface area contributed by atoms with Gasteiger partial charge in [0.25, 0.3) is 0 Å². The molecule has 0 radical (unpaired) electrons. The molecule has 1 heterocycles. The molecule has 0 unspecified atom stereocenters. The van der Waals surface area contributed by atoms with Crippen LogP contribution >= 0.6 is 35.6 Å². The Hall–Kier alpha value is -0.0400. The van der Waals surface area contributed by atoms with Crippen molar-refractivity contribution < 1.29 is 8.42 Å². The summed E-state index contributed by atoms with van der Waals surface area (Å²) in [7, 11) is -3.58. The van der Waals surface area contributed by atoms with Gasteiger partial charge in [-0.15, -0.1) is 12.4 Å². The summed E-state index contributed by atoms with van der Waals surface area (Å²) in [5, 5.41) is 0.552. The fraction of sp³-hybridized carbons (Fsp3) is 0.455. The highest BCUT2D eigenvalue weighted by atomic mass is 35.5. The number of hydrogen-bond acceptors (Lipinski definition) is 3. The monoisotopic (exact) mass is 344 g/mol. The maximum Gasteiger partial charge on any atom is 0.244 e. The van der Waals surface area contributed by atoms with Crippen molar-refractivity contribution in [2.45, 2.75) is 23.8 Å². The van der Waals surface area contributed by atoms with Crippen LogP contribution in [0.1, 0.15) is 12.8 Å². The van der Waals surface area contributed by atoms with Crippen molar-refractivity contribution in [3.63, 3.8) is 0 Å². The normalized spacial score (nSPS) is 20.9. The predicted octanol–water partition coefficient (Wildman–Crippen LogP) is 2.53. The Kier molecular flexibility index (Phi) is 5.92. The van der Waals surface area contributed by atoms with Crippen LogP contribution in [0.15, 0.2) is 23.1 Å². The van der Waals surface area contributed by atoms with E-state index >= 15 is 0 Å². The average molecular weight is 346 g/mol. The molecule has 2 N–H and O–H groups in total. The smallest absolute Gasteiger partial charge is 0.244 e. The molecule has 19 heavy (non-hydrogen) atoms. The summed E-state index contributed by atoms with van der Waals surface area (Å²) < 4.78 is 26.2. The minimum atomic E-state index is -3.58. The third kappa shape index (κ3) is 3.74. The van der Waals surface area contributed by atoms with Crippen LogP contribution in [0.5, 0.6) is 0 Å². The molecule has 1 aliphatic rings. The zero-order valence-electron chi connectivity index (χ0n) is 10.1. The fourth-order valence-corrected chi connectivity index (χ4v) is 4.30. The minimum absolute atomic E-state index is 0. The van der Waals surface area contributed by atoms with Crippen LogP contribution in [0.25, 0.3) is 0 Å². The van der Waals surface area contributed by atoms with E-state index in [4.69, 9.17) is 28.9 Å². The van der Waals surface area contributed by atoms with Crippen molar-refractivity contribution in [2.24, 2.45) is 5.73 Å². The quantitative estimate of drug-likeness (QED) is 0.896. The molecule has 1 aromatic carbocycles. The van der Waals surface area contributed by atoms with E-state index in [1.807, 2.05) is 0 Å². The summed E-state index contributed by atoms with van der Waals surface area (Å²) in [5.74, 6) is 0. The van der Waals surface area contributed by atoms with Crippen LogP contribution in [0.4, 0.5) is 0 Å². The van der Waals surface area contributed by atoms with Gasteiger partial charge in [-0.3, -0.25) is 0 Å². The number of hydrogen-bond donors (Lipinski definition) is 1. The van der Waals surface area contributed by atoms with Gasteiger partial charge in [0.1, 0.15) is 4.90 Å². The number of piperidine rings is 1. The lowest BCUT2D eigenvalue weighted by atomic mass is 10.1. The molecule has 0 aromatic heterocycles. The number of benzene rings is 1. The molecule has 1 atom stereocenters. The molecule has 0 aliphatic carbocycles. The molecule has 1 fully saturated rings. The van der Waals surface area contributed by atoms with Gasteiger partial charge in [0, 0.05) is 24.2 Å². The van der Waals surface area contributed by atoms with Crippen molar-refractivity contribution in [1.82, 2.24) is 4.31 Å². The molecule has 2 rings (SSSR count). The molecular formula is C11H15Cl3N2O2S. The van der Waals surface area contributed by atoms with Gasteiger partial charge in [-0.1, -0.05) is 23.2 Å². The van der Waals surface area contributed by atoms with Crippen LogP contribution < -0.4 is 5.73 Å². The maximum absolute atomic E-state index is 12.4. The van der Waals surface area contributed by atoms with Gasteiger partial charge in [0.2, 0.25) is 10.0 Å². The van der Waals surface area contributed by atoms with E-state index in [0.717, 1.165) is 12.8 Å². The summed E-state index contributed by atoms with van der Waals surface area (Å²) in [6.45, 7) is 0.816. The van der Waals surface area contributed by atoms with E-state index in [2.05, 4.69) is 0 Å². The summed E-state index contributed by atoms with van der Waals surface area (Å²) in [6.07, 6.45) is 1.62. The van der Waals surface area contributed by atoms with Crippen LogP contribution in [-0.2, 0) is 10.0 Å². The lowest BCUT2D eigenvalue weighted by Crippen LogP contribution is -2.45. The summed E-state index contributed by atoms with van der Waals surface area (Å²) in [5.41, 5.74) is 5.80. The van der Waals surface area contributed by atoms with Crippen molar-refractivity contribution in [3.8, 4) is 0 Å². The van der Waals surface area contributed by atoms with Crippen molar-refractivity contribution in [3.05, 3.63) is 28.2 Å². The largest absolute Gasteiger partial charge is 0.327 e. The second kappa shape index (κ2) is 6.61. The Labute approximate surface area is 129 Å². The Morgan fingerprint density at radius 3 is 2.58 bits per heavy atom. The van der Waals surface area contributed by atoms with Crippen LogP contribution in [-0.4, -0.2) is 31.9 Å². The molecule has 0 spiro atoms. The molecule has 1 saturated heterocycles. The summed E-state index contributed by atoms with van der Waals surface area (Å²) >= 11 is 11.7. The van der Waals surface area contributed by atoms with Crippen LogP contribution in [0, 0.1) is 0 Å². The van der Waals surface area contributed by atoms with Crippen molar-refractivity contribution >= 4 is 45.6 Å². The maximum atomic E-state index is 12.4. The lowest BCUT2D eigenvalue weighted by molar-refractivity contribution is 0.316. The minimum Gasteiger partial charge on any atom is -0.327 e. The SMILES string of the molecule is Cl.N[C@@H]1CCCN(S(=O)(=O)c2ccc(Cl)cc2Cl)C1. The zero-order chi connectivity index (χ0) is 13.3. The standard InChI is InChI=1S/C11H14Cl2N2O2S.ClH/c12-8-3-4-11(10(13)6-8)18(16,17)15-5-1-2-9(14)7-15;/h3-4,6,9H,1-2,5,7,14H2;1H/t9-;/m1./s1. The molecule has 108 valence electrons. The van der Waals surface area contributed by atoms with E-state index in [1.54, 1.807) is 0 Å². The first-order chi connectivity index (χ1) is 8.41. The highest BCUT2D eigenvalue weighted by molar-refractivity contribution is 7.89. The molecule has 4 nitrogen and oxygen atoms in total. The van der Waals surface area contributed by atoms with Gasteiger partial charge in [-0.2, -0.15) is 4.31 Å². The number of nitrogens with zero attached hydrogens (tertiary/aromatic N) is 1. The lowest BCUT2D eigenvalue weighted by Gasteiger charge is -2.30. The summed E-state index contributed by atoms with van der Waals surface area (Å²) in [4.78, 5) is 0.0858. The van der Waals surface area contributed by atoms with Crippen molar-refractivity contribution in [2.75, 3.05) is 13.1 Å². The predicted molar refractivity (Wildman–Crippen MR) is 79.7 cm³/mol. The molecule has 0 saturated carbocycles. The molecule has 8 heteroatoms. The number of sulfonamides is 1. The van der Waals surface area contributed by atoms with E-state index < -0.39 is 10.0 Å². The van der Waals surface area contributed by atoms with E-state index in [0.29, 0.717) is 18.1 Å². The Morgan fingerprint density at radius 2 is 2.00 bits per heavy atom. The Balaban J connectivity index is 0.00000180. The second-order valence-electron chi connectivity index (χ2n) is 4.34. The fourth-order valence-electron chi connectivity index (χ4n) is 2.02. The van der Waals surface area contributed by atoms with Gasteiger partial charge in [0.05, 0.1) is 5.02 Å². The molecule has 0 bridgehead atoms. The first-order valence-corrected chi connectivity index (χ1v) is 7.81. The van der Waals surface area contributed by atoms with Gasteiger partial charge in [0.15, 0.2) is 0 Å². The molecule has 1 aromatic rings. The topological polar surface area (TPSA) is 63.4 Å².